The number of carbonyl (C=O) groups excluding carboxylic acids is 1. The van der Waals surface area contributed by atoms with Gasteiger partial charge in [-0.2, -0.15) is 0 Å². The Bertz CT molecular complexity index is 867. The summed E-state index contributed by atoms with van der Waals surface area (Å²) in [6.45, 7) is 10.1. The Kier molecular flexibility index (Phi) is 6.85. The van der Waals surface area contributed by atoms with Gasteiger partial charge in [0, 0.05) is 16.7 Å². The van der Waals surface area contributed by atoms with Crippen LogP contribution in [0.4, 0.5) is 11.4 Å². The minimum atomic E-state index is 0.246. The first kappa shape index (κ1) is 21.1. The molecule has 0 aromatic heterocycles. The first-order valence-corrected chi connectivity index (χ1v) is 11.9. The third-order valence-electron chi connectivity index (χ3n) is 5.92. The Hall–Kier alpha value is -2.18. The fourth-order valence-electron chi connectivity index (χ4n) is 4.29. The van der Waals surface area contributed by atoms with Gasteiger partial charge in [0.15, 0.2) is 6.54 Å². The molecular formula is C24H32N3O2S+. The van der Waals surface area contributed by atoms with Crippen molar-refractivity contribution in [3.05, 3.63) is 48.5 Å². The van der Waals surface area contributed by atoms with Crippen molar-refractivity contribution in [3.8, 4) is 5.75 Å². The molecule has 30 heavy (non-hydrogen) atoms. The summed E-state index contributed by atoms with van der Waals surface area (Å²) in [4.78, 5) is 20.2. The number of ether oxygens (including phenoxy) is 1. The Morgan fingerprint density at radius 2 is 1.77 bits per heavy atom. The predicted molar refractivity (Wildman–Crippen MR) is 124 cm³/mol. The summed E-state index contributed by atoms with van der Waals surface area (Å²) in [5.41, 5.74) is 2.25. The molecule has 0 saturated carbocycles. The zero-order chi connectivity index (χ0) is 20.9. The van der Waals surface area contributed by atoms with Crippen LogP contribution in [0, 0.1) is 0 Å². The highest BCUT2D eigenvalue weighted by atomic mass is 32.2. The lowest BCUT2D eigenvalue weighted by Gasteiger charge is -2.35. The van der Waals surface area contributed by atoms with Crippen molar-refractivity contribution >= 4 is 29.0 Å². The average molecular weight is 427 g/mol. The van der Waals surface area contributed by atoms with E-state index in [1.165, 1.54) is 9.80 Å². The van der Waals surface area contributed by atoms with E-state index in [1.54, 1.807) is 0 Å². The van der Waals surface area contributed by atoms with Gasteiger partial charge < -0.3 is 19.4 Å². The standard InChI is InChI=1S/C24H31N3O2S/c1-3-29-22-10-6-4-8-20(22)26-16-14-25(15-17-26)18-24(28)27-13-12-19(2)30-23-11-7-5-9-21(23)27/h4-11,19H,3,12-18H2,1-2H3/p+1/t19-/m0/s1. The SMILES string of the molecule is CCOc1ccccc1N1CC[NH+](CC(=O)N2CC[C@H](C)Sc3ccccc32)CC1. The molecular weight excluding hydrogens is 394 g/mol. The lowest BCUT2D eigenvalue weighted by molar-refractivity contribution is -0.892. The lowest BCUT2D eigenvalue weighted by atomic mass is 10.2. The molecule has 2 aromatic carbocycles. The molecule has 160 valence electrons. The van der Waals surface area contributed by atoms with E-state index in [-0.39, 0.29) is 5.91 Å². The van der Waals surface area contributed by atoms with Crippen molar-refractivity contribution in [1.82, 2.24) is 0 Å². The van der Waals surface area contributed by atoms with Gasteiger partial charge in [-0.05, 0) is 37.6 Å². The Morgan fingerprint density at radius 1 is 1.07 bits per heavy atom. The second kappa shape index (κ2) is 9.75. The van der Waals surface area contributed by atoms with Crippen LogP contribution >= 0.6 is 11.8 Å². The monoisotopic (exact) mass is 426 g/mol. The summed E-state index contributed by atoms with van der Waals surface area (Å²) in [5, 5.41) is 0.533. The average Bonchev–Trinajstić information content (AvgIpc) is 2.93. The molecule has 5 nitrogen and oxygen atoms in total. The van der Waals surface area contributed by atoms with Crippen LogP contribution in [-0.4, -0.2) is 57.0 Å². The molecule has 1 N–H and O–H groups in total. The third-order valence-corrected chi connectivity index (χ3v) is 7.16. The summed E-state index contributed by atoms with van der Waals surface area (Å²) in [6.07, 6.45) is 1.03. The van der Waals surface area contributed by atoms with E-state index in [9.17, 15) is 4.79 Å². The number of quaternary nitrogens is 1. The van der Waals surface area contributed by atoms with E-state index in [1.807, 2.05) is 41.8 Å². The number of benzene rings is 2. The minimum Gasteiger partial charge on any atom is -0.492 e. The molecule has 4 rings (SSSR count). The number of rotatable bonds is 5. The van der Waals surface area contributed by atoms with Gasteiger partial charge in [-0.15, -0.1) is 11.8 Å². The maximum atomic E-state index is 13.2. The number of hydrogen-bond donors (Lipinski definition) is 1. The maximum Gasteiger partial charge on any atom is 0.282 e. The van der Waals surface area contributed by atoms with Gasteiger partial charge in [-0.25, -0.2) is 0 Å². The summed E-state index contributed by atoms with van der Waals surface area (Å²) < 4.78 is 5.80. The number of carbonyl (C=O) groups is 1. The molecule has 0 spiro atoms. The number of piperazine rings is 1. The molecule has 1 amide bonds. The number of nitrogens with zero attached hydrogens (tertiary/aromatic N) is 2. The molecule has 6 heteroatoms. The van der Waals surface area contributed by atoms with Crippen molar-refractivity contribution < 1.29 is 14.4 Å². The second-order valence-electron chi connectivity index (χ2n) is 8.04. The topological polar surface area (TPSA) is 37.2 Å². The molecule has 0 radical (unpaired) electrons. The smallest absolute Gasteiger partial charge is 0.282 e. The van der Waals surface area contributed by atoms with Crippen LogP contribution in [0.3, 0.4) is 0 Å². The highest BCUT2D eigenvalue weighted by Crippen LogP contribution is 2.37. The summed E-state index contributed by atoms with van der Waals surface area (Å²) in [5.74, 6) is 1.20. The quantitative estimate of drug-likeness (QED) is 0.798. The molecule has 1 atom stereocenters. The minimum absolute atomic E-state index is 0.246. The van der Waals surface area contributed by atoms with Crippen molar-refractivity contribution in [1.29, 1.82) is 0 Å². The van der Waals surface area contributed by atoms with E-state index in [2.05, 4.69) is 42.2 Å². The van der Waals surface area contributed by atoms with E-state index >= 15 is 0 Å². The molecule has 0 aliphatic carbocycles. The molecule has 0 bridgehead atoms. The Morgan fingerprint density at radius 3 is 2.53 bits per heavy atom. The number of para-hydroxylation sites is 3. The Labute approximate surface area is 184 Å². The van der Waals surface area contributed by atoms with Gasteiger partial charge in [-0.1, -0.05) is 31.2 Å². The highest BCUT2D eigenvalue weighted by molar-refractivity contribution is 8.00. The first-order chi connectivity index (χ1) is 14.7. The van der Waals surface area contributed by atoms with Gasteiger partial charge in [0.05, 0.1) is 44.2 Å². The molecule has 1 saturated heterocycles. The molecule has 2 aliphatic rings. The van der Waals surface area contributed by atoms with Gasteiger partial charge in [-0.3, -0.25) is 4.79 Å². The van der Waals surface area contributed by atoms with Crippen LogP contribution in [0.5, 0.6) is 5.75 Å². The summed E-state index contributed by atoms with van der Waals surface area (Å²) in [7, 11) is 0. The normalized spacial score (nSPS) is 19.9. The van der Waals surface area contributed by atoms with Crippen LogP contribution in [0.2, 0.25) is 0 Å². The van der Waals surface area contributed by atoms with Gasteiger partial charge in [0.25, 0.3) is 5.91 Å². The van der Waals surface area contributed by atoms with Crippen molar-refractivity contribution in [3.63, 3.8) is 0 Å². The second-order valence-corrected chi connectivity index (χ2v) is 9.53. The molecule has 2 aliphatic heterocycles. The van der Waals surface area contributed by atoms with Gasteiger partial charge >= 0.3 is 0 Å². The summed E-state index contributed by atoms with van der Waals surface area (Å²) >= 11 is 1.88. The predicted octanol–water partition coefficient (Wildman–Crippen LogP) is 2.71. The van der Waals surface area contributed by atoms with E-state index in [4.69, 9.17) is 4.74 Å². The number of thioether (sulfide) groups is 1. The van der Waals surface area contributed by atoms with E-state index < -0.39 is 0 Å². The zero-order valence-corrected chi connectivity index (χ0v) is 18.8. The fourth-order valence-corrected chi connectivity index (χ4v) is 5.40. The molecule has 2 aromatic rings. The van der Waals surface area contributed by atoms with Crippen LogP contribution in [-0.2, 0) is 4.79 Å². The van der Waals surface area contributed by atoms with Crippen molar-refractivity contribution in [2.45, 2.75) is 30.4 Å². The van der Waals surface area contributed by atoms with Crippen LogP contribution in [0.25, 0.3) is 0 Å². The number of amides is 1. The van der Waals surface area contributed by atoms with Crippen molar-refractivity contribution in [2.75, 3.05) is 55.7 Å². The Balaban J connectivity index is 1.38. The largest absolute Gasteiger partial charge is 0.492 e. The zero-order valence-electron chi connectivity index (χ0n) is 18.0. The molecule has 0 unspecified atom stereocenters. The van der Waals surface area contributed by atoms with Crippen LogP contribution < -0.4 is 19.4 Å². The first-order valence-electron chi connectivity index (χ1n) is 11.0. The van der Waals surface area contributed by atoms with E-state index in [0.29, 0.717) is 18.4 Å². The third kappa shape index (κ3) is 4.76. The number of fused-ring (bicyclic) bond motifs is 1. The molecule has 2 heterocycles. The lowest BCUT2D eigenvalue weighted by Crippen LogP contribution is -3.16. The highest BCUT2D eigenvalue weighted by Gasteiger charge is 2.29. The molecule has 1 fully saturated rings. The number of nitrogens with one attached hydrogen (secondary N) is 1. The van der Waals surface area contributed by atoms with Crippen LogP contribution in [0.1, 0.15) is 20.3 Å². The number of anilines is 2. The van der Waals surface area contributed by atoms with Gasteiger partial charge in [0.2, 0.25) is 0 Å². The summed E-state index contributed by atoms with van der Waals surface area (Å²) in [6, 6.07) is 16.6. The van der Waals surface area contributed by atoms with Crippen LogP contribution in [0.15, 0.2) is 53.4 Å². The van der Waals surface area contributed by atoms with E-state index in [0.717, 1.165) is 56.3 Å². The van der Waals surface area contributed by atoms with Gasteiger partial charge in [0.1, 0.15) is 5.75 Å². The maximum absolute atomic E-state index is 13.2. The van der Waals surface area contributed by atoms with Crippen molar-refractivity contribution in [2.24, 2.45) is 0 Å². The fraction of sp³-hybridized carbons (Fsp3) is 0.458. The number of hydrogen-bond acceptors (Lipinski definition) is 4.